The first kappa shape index (κ1) is 20.1. The smallest absolute Gasteiger partial charge is 0.220 e. The summed E-state index contributed by atoms with van der Waals surface area (Å²) < 4.78 is 10.3. The third-order valence-electron chi connectivity index (χ3n) is 4.62. The van der Waals surface area contributed by atoms with E-state index in [-0.39, 0.29) is 36.9 Å². The number of aromatic nitrogens is 1. The Labute approximate surface area is 168 Å². The van der Waals surface area contributed by atoms with Gasteiger partial charge in [0.05, 0.1) is 20.8 Å². The lowest BCUT2D eigenvalue weighted by Gasteiger charge is -2.09. The van der Waals surface area contributed by atoms with Gasteiger partial charge in [-0.3, -0.25) is 14.4 Å². The summed E-state index contributed by atoms with van der Waals surface area (Å²) in [6.45, 7) is -0.120. The van der Waals surface area contributed by atoms with Crippen molar-refractivity contribution in [3.8, 4) is 11.5 Å². The molecule has 0 fully saturated rings. The summed E-state index contributed by atoms with van der Waals surface area (Å²) >= 11 is 0. The SMILES string of the molecule is COc1ccc(C(=O)CCC(=O)NCC(=O)c2c[nH]c3ccccc23)cc1OC. The summed E-state index contributed by atoms with van der Waals surface area (Å²) in [6, 6.07) is 12.3. The summed E-state index contributed by atoms with van der Waals surface area (Å²) in [5.41, 5.74) is 1.83. The van der Waals surface area contributed by atoms with Crippen molar-refractivity contribution in [1.82, 2.24) is 10.3 Å². The van der Waals surface area contributed by atoms with Gasteiger partial charge in [-0.15, -0.1) is 0 Å². The van der Waals surface area contributed by atoms with Gasteiger partial charge in [-0.25, -0.2) is 0 Å². The molecule has 0 saturated heterocycles. The summed E-state index contributed by atoms with van der Waals surface area (Å²) in [5.74, 6) is 0.239. The Morgan fingerprint density at radius 2 is 1.69 bits per heavy atom. The van der Waals surface area contributed by atoms with Crippen molar-refractivity contribution < 1.29 is 23.9 Å². The lowest BCUT2D eigenvalue weighted by Crippen LogP contribution is -2.29. The number of nitrogens with one attached hydrogen (secondary N) is 2. The van der Waals surface area contributed by atoms with Crippen LogP contribution in [0.5, 0.6) is 11.5 Å². The molecule has 3 rings (SSSR count). The van der Waals surface area contributed by atoms with Crippen LogP contribution in [0.1, 0.15) is 33.6 Å². The number of carbonyl (C=O) groups excluding carboxylic acids is 3. The Balaban J connectivity index is 1.52. The molecular weight excluding hydrogens is 372 g/mol. The maximum atomic E-state index is 12.4. The molecule has 1 aromatic heterocycles. The Bertz CT molecular complexity index is 1050. The van der Waals surface area contributed by atoms with Crippen molar-refractivity contribution in [3.63, 3.8) is 0 Å². The molecule has 29 heavy (non-hydrogen) atoms. The molecule has 1 heterocycles. The monoisotopic (exact) mass is 394 g/mol. The van der Waals surface area contributed by atoms with Crippen LogP contribution in [-0.4, -0.2) is 43.2 Å². The number of hydrogen-bond acceptors (Lipinski definition) is 5. The first-order chi connectivity index (χ1) is 14.0. The quantitative estimate of drug-likeness (QED) is 0.544. The van der Waals surface area contributed by atoms with Crippen molar-refractivity contribution in [3.05, 3.63) is 59.8 Å². The number of amides is 1. The van der Waals surface area contributed by atoms with Crippen molar-refractivity contribution in [2.45, 2.75) is 12.8 Å². The number of hydrogen-bond donors (Lipinski definition) is 2. The zero-order valence-electron chi connectivity index (χ0n) is 16.3. The first-order valence-electron chi connectivity index (χ1n) is 9.14. The van der Waals surface area contributed by atoms with Crippen LogP contribution in [0.2, 0.25) is 0 Å². The van der Waals surface area contributed by atoms with Crippen LogP contribution in [0.3, 0.4) is 0 Å². The number of benzene rings is 2. The molecule has 7 nitrogen and oxygen atoms in total. The van der Waals surface area contributed by atoms with E-state index >= 15 is 0 Å². The van der Waals surface area contributed by atoms with E-state index < -0.39 is 0 Å². The van der Waals surface area contributed by atoms with Crippen LogP contribution >= 0.6 is 0 Å². The van der Waals surface area contributed by atoms with Crippen LogP contribution in [0, 0.1) is 0 Å². The zero-order valence-corrected chi connectivity index (χ0v) is 16.3. The largest absolute Gasteiger partial charge is 0.493 e. The second-order valence-corrected chi connectivity index (χ2v) is 6.44. The molecule has 150 valence electrons. The van der Waals surface area contributed by atoms with E-state index in [1.165, 1.54) is 14.2 Å². The zero-order chi connectivity index (χ0) is 20.8. The number of aromatic amines is 1. The van der Waals surface area contributed by atoms with E-state index in [2.05, 4.69) is 10.3 Å². The molecule has 0 unspecified atom stereocenters. The minimum absolute atomic E-state index is 0.00561. The topological polar surface area (TPSA) is 97.5 Å². The highest BCUT2D eigenvalue weighted by Crippen LogP contribution is 2.28. The molecule has 0 atom stereocenters. The highest BCUT2D eigenvalue weighted by atomic mass is 16.5. The fourth-order valence-corrected chi connectivity index (χ4v) is 3.05. The van der Waals surface area contributed by atoms with Crippen molar-refractivity contribution >= 4 is 28.4 Å². The van der Waals surface area contributed by atoms with Gasteiger partial charge < -0.3 is 19.8 Å². The Kier molecular flexibility index (Phi) is 6.29. The van der Waals surface area contributed by atoms with Gasteiger partial charge in [-0.1, -0.05) is 18.2 Å². The standard InChI is InChI=1S/C22H22N2O5/c1-28-20-9-7-14(11-21(20)29-2)18(25)8-10-22(27)24-13-19(26)16-12-23-17-6-4-3-5-15(16)17/h3-7,9,11-12,23H,8,10,13H2,1-2H3,(H,24,27). The molecule has 0 aliphatic heterocycles. The molecule has 1 amide bonds. The van der Waals surface area contributed by atoms with E-state index in [0.717, 1.165) is 10.9 Å². The maximum Gasteiger partial charge on any atom is 0.220 e. The second-order valence-electron chi connectivity index (χ2n) is 6.44. The van der Waals surface area contributed by atoms with Gasteiger partial charge in [0.25, 0.3) is 0 Å². The molecule has 0 aliphatic carbocycles. The number of ketones is 2. The van der Waals surface area contributed by atoms with Crippen LogP contribution < -0.4 is 14.8 Å². The predicted octanol–water partition coefficient (Wildman–Crippen LogP) is 3.15. The Morgan fingerprint density at radius 3 is 2.45 bits per heavy atom. The number of H-pyrrole nitrogens is 1. The van der Waals surface area contributed by atoms with E-state index in [9.17, 15) is 14.4 Å². The number of carbonyl (C=O) groups is 3. The van der Waals surface area contributed by atoms with Gasteiger partial charge in [0.2, 0.25) is 5.91 Å². The lowest BCUT2D eigenvalue weighted by atomic mass is 10.1. The van der Waals surface area contributed by atoms with Gasteiger partial charge in [0.1, 0.15) is 0 Å². The van der Waals surface area contributed by atoms with E-state index in [1.54, 1.807) is 24.4 Å². The number of methoxy groups -OCH3 is 2. The van der Waals surface area contributed by atoms with Gasteiger partial charge in [-0.05, 0) is 24.3 Å². The Hall–Kier alpha value is -3.61. The Morgan fingerprint density at radius 1 is 0.931 bits per heavy atom. The van der Waals surface area contributed by atoms with Crippen molar-refractivity contribution in [2.24, 2.45) is 0 Å². The third-order valence-corrected chi connectivity index (χ3v) is 4.62. The summed E-state index contributed by atoms with van der Waals surface area (Å²) in [7, 11) is 3.01. The molecule has 2 aromatic carbocycles. The van der Waals surface area contributed by atoms with Crippen LogP contribution in [0.15, 0.2) is 48.7 Å². The van der Waals surface area contributed by atoms with Gasteiger partial charge in [0, 0.05) is 41.1 Å². The van der Waals surface area contributed by atoms with E-state index in [0.29, 0.717) is 22.6 Å². The van der Waals surface area contributed by atoms with Crippen LogP contribution in [-0.2, 0) is 4.79 Å². The average Bonchev–Trinajstić information content (AvgIpc) is 3.19. The van der Waals surface area contributed by atoms with Gasteiger partial charge in [-0.2, -0.15) is 0 Å². The molecule has 0 aliphatic rings. The summed E-state index contributed by atoms with van der Waals surface area (Å²) in [6.07, 6.45) is 1.66. The average molecular weight is 394 g/mol. The minimum atomic E-state index is -0.355. The maximum absolute atomic E-state index is 12.4. The third kappa shape index (κ3) is 4.63. The molecule has 0 radical (unpaired) electrons. The number of Topliss-reactive ketones (excluding diaryl/α,β-unsaturated/α-hetero) is 2. The molecule has 0 bridgehead atoms. The normalized spacial score (nSPS) is 10.6. The number of fused-ring (bicyclic) bond motifs is 1. The molecule has 7 heteroatoms. The first-order valence-corrected chi connectivity index (χ1v) is 9.14. The summed E-state index contributed by atoms with van der Waals surface area (Å²) in [5, 5.41) is 3.40. The number of para-hydroxylation sites is 1. The van der Waals surface area contributed by atoms with Gasteiger partial charge in [0.15, 0.2) is 23.1 Å². The minimum Gasteiger partial charge on any atom is -0.493 e. The van der Waals surface area contributed by atoms with Crippen LogP contribution in [0.4, 0.5) is 0 Å². The molecule has 0 spiro atoms. The highest BCUT2D eigenvalue weighted by molar-refractivity contribution is 6.09. The fourth-order valence-electron chi connectivity index (χ4n) is 3.05. The van der Waals surface area contributed by atoms with E-state index in [1.807, 2.05) is 24.3 Å². The number of ether oxygens (including phenoxy) is 2. The fraction of sp³-hybridized carbons (Fsp3) is 0.227. The predicted molar refractivity (Wildman–Crippen MR) is 109 cm³/mol. The molecule has 3 aromatic rings. The number of rotatable bonds is 9. The van der Waals surface area contributed by atoms with Gasteiger partial charge >= 0.3 is 0 Å². The molecule has 2 N–H and O–H groups in total. The molecule has 0 saturated carbocycles. The van der Waals surface area contributed by atoms with Crippen molar-refractivity contribution in [2.75, 3.05) is 20.8 Å². The van der Waals surface area contributed by atoms with Crippen molar-refractivity contribution in [1.29, 1.82) is 0 Å². The molecular formula is C22H22N2O5. The lowest BCUT2D eigenvalue weighted by molar-refractivity contribution is -0.120. The van der Waals surface area contributed by atoms with Crippen LogP contribution in [0.25, 0.3) is 10.9 Å². The second kappa shape index (κ2) is 9.05. The highest BCUT2D eigenvalue weighted by Gasteiger charge is 2.15. The summed E-state index contributed by atoms with van der Waals surface area (Å²) in [4.78, 5) is 39.8. The van der Waals surface area contributed by atoms with E-state index in [4.69, 9.17) is 9.47 Å².